The average molecular weight is 316 g/mol. The second kappa shape index (κ2) is 7.48. The van der Waals surface area contributed by atoms with Gasteiger partial charge in [0.05, 0.1) is 17.0 Å². The van der Waals surface area contributed by atoms with Gasteiger partial charge in [-0.15, -0.1) is 0 Å². The number of nitriles is 1. The van der Waals surface area contributed by atoms with Crippen molar-refractivity contribution < 1.29 is 8.42 Å². The van der Waals surface area contributed by atoms with Crippen LogP contribution in [0.4, 0.5) is 5.69 Å². The fraction of sp³-hybridized carbons (Fsp3) is 0.462. The van der Waals surface area contributed by atoms with Crippen molar-refractivity contribution in [2.75, 3.05) is 30.7 Å². The summed E-state index contributed by atoms with van der Waals surface area (Å²) >= 11 is 5.80. The highest BCUT2D eigenvalue weighted by Gasteiger charge is 2.18. The molecule has 110 valence electrons. The summed E-state index contributed by atoms with van der Waals surface area (Å²) in [5.41, 5.74) is 0.990. The largest absolute Gasteiger partial charge is 0.383 e. The predicted octanol–water partition coefficient (Wildman–Crippen LogP) is 2.30. The first-order valence-electron chi connectivity index (χ1n) is 6.36. The maximum Gasteiger partial charge on any atom is 0.215 e. The molecule has 20 heavy (non-hydrogen) atoms. The second-order valence-corrected chi connectivity index (χ2v) is 6.65. The molecule has 0 aliphatic rings. The molecule has 1 aromatic carbocycles. The van der Waals surface area contributed by atoms with Gasteiger partial charge in [0, 0.05) is 24.7 Å². The van der Waals surface area contributed by atoms with Gasteiger partial charge >= 0.3 is 0 Å². The number of nitrogens with one attached hydrogen (secondary N) is 1. The lowest BCUT2D eigenvalue weighted by molar-refractivity contribution is 0.446. The first-order chi connectivity index (χ1) is 9.44. The number of sulfonamides is 1. The number of hydrogen-bond donors (Lipinski definition) is 1. The van der Waals surface area contributed by atoms with Gasteiger partial charge in [-0.1, -0.05) is 25.4 Å². The highest BCUT2D eigenvalue weighted by Crippen LogP contribution is 2.19. The Morgan fingerprint density at radius 2 is 2.00 bits per heavy atom. The Labute approximate surface area is 125 Å². The molecule has 0 spiro atoms. The molecule has 0 aromatic heterocycles. The summed E-state index contributed by atoms with van der Waals surface area (Å²) in [6.07, 6.45) is 0. The van der Waals surface area contributed by atoms with Crippen LogP contribution >= 0.6 is 11.6 Å². The summed E-state index contributed by atoms with van der Waals surface area (Å²) in [5.74, 6) is -0.0117. The Hall–Kier alpha value is -1.29. The maximum absolute atomic E-state index is 12.0. The van der Waals surface area contributed by atoms with Crippen molar-refractivity contribution in [2.45, 2.75) is 13.8 Å². The topological polar surface area (TPSA) is 73.2 Å². The van der Waals surface area contributed by atoms with Crippen molar-refractivity contribution in [2.24, 2.45) is 0 Å². The zero-order chi connectivity index (χ0) is 15.2. The van der Waals surface area contributed by atoms with Crippen LogP contribution in [-0.4, -0.2) is 38.1 Å². The van der Waals surface area contributed by atoms with Gasteiger partial charge < -0.3 is 5.32 Å². The molecule has 0 saturated heterocycles. The van der Waals surface area contributed by atoms with Gasteiger partial charge in [0.25, 0.3) is 0 Å². The fourth-order valence-corrected chi connectivity index (χ4v) is 3.40. The lowest BCUT2D eigenvalue weighted by atomic mass is 10.2. The van der Waals surface area contributed by atoms with E-state index in [1.165, 1.54) is 4.31 Å². The average Bonchev–Trinajstić information content (AvgIpc) is 2.41. The second-order valence-electron chi connectivity index (χ2n) is 4.13. The molecule has 0 fully saturated rings. The van der Waals surface area contributed by atoms with Gasteiger partial charge in [-0.25, -0.2) is 12.7 Å². The van der Waals surface area contributed by atoms with Crippen LogP contribution in [0.2, 0.25) is 5.02 Å². The minimum absolute atomic E-state index is 0.0117. The molecule has 1 aromatic rings. The molecular weight excluding hydrogens is 298 g/mol. The summed E-state index contributed by atoms with van der Waals surface area (Å²) in [5, 5.41) is 12.4. The van der Waals surface area contributed by atoms with Gasteiger partial charge in [-0.05, 0) is 18.2 Å². The molecule has 1 rings (SSSR count). The minimum Gasteiger partial charge on any atom is -0.383 e. The predicted molar refractivity (Wildman–Crippen MR) is 81.4 cm³/mol. The zero-order valence-electron chi connectivity index (χ0n) is 11.6. The molecular formula is C13H18ClN3O2S. The van der Waals surface area contributed by atoms with Crippen LogP contribution in [0.3, 0.4) is 0 Å². The van der Waals surface area contributed by atoms with E-state index in [4.69, 9.17) is 16.9 Å². The monoisotopic (exact) mass is 315 g/mol. The molecule has 5 nitrogen and oxygen atoms in total. The standard InChI is InChI=1S/C13H18ClN3O2S/c1-3-17(4-2)20(18,19)8-7-16-13-6-5-12(14)9-11(13)10-15/h5-6,9,16H,3-4,7-8H2,1-2H3. The van der Waals surface area contributed by atoms with E-state index >= 15 is 0 Å². The zero-order valence-corrected chi connectivity index (χ0v) is 13.1. The van der Waals surface area contributed by atoms with Crippen molar-refractivity contribution in [3.63, 3.8) is 0 Å². The third-order valence-corrected chi connectivity index (χ3v) is 5.13. The van der Waals surface area contributed by atoms with E-state index in [9.17, 15) is 8.42 Å². The van der Waals surface area contributed by atoms with Crippen molar-refractivity contribution in [3.8, 4) is 6.07 Å². The lowest BCUT2D eigenvalue weighted by Gasteiger charge is -2.18. The number of halogens is 1. The van der Waals surface area contributed by atoms with E-state index in [0.29, 0.717) is 29.4 Å². The van der Waals surface area contributed by atoms with E-state index in [1.54, 1.807) is 18.2 Å². The number of benzene rings is 1. The molecule has 0 unspecified atom stereocenters. The number of anilines is 1. The molecule has 0 amide bonds. The lowest BCUT2D eigenvalue weighted by Crippen LogP contribution is -2.34. The summed E-state index contributed by atoms with van der Waals surface area (Å²) in [6.45, 7) is 4.78. The summed E-state index contributed by atoms with van der Waals surface area (Å²) < 4.78 is 25.4. The van der Waals surface area contributed by atoms with E-state index in [1.807, 2.05) is 19.9 Å². The van der Waals surface area contributed by atoms with Gasteiger partial charge in [-0.2, -0.15) is 5.26 Å². The normalized spacial score (nSPS) is 11.3. The molecule has 0 bridgehead atoms. The highest BCUT2D eigenvalue weighted by molar-refractivity contribution is 7.89. The molecule has 0 atom stereocenters. The molecule has 0 aliphatic carbocycles. The first-order valence-corrected chi connectivity index (χ1v) is 8.34. The first kappa shape index (κ1) is 16.8. The third-order valence-electron chi connectivity index (χ3n) is 2.88. The van der Waals surface area contributed by atoms with Gasteiger partial charge in [0.1, 0.15) is 6.07 Å². The number of rotatable bonds is 7. The van der Waals surface area contributed by atoms with Crippen LogP contribution in [0, 0.1) is 11.3 Å². The van der Waals surface area contributed by atoms with E-state index in [-0.39, 0.29) is 12.3 Å². The van der Waals surface area contributed by atoms with Crippen molar-refractivity contribution in [3.05, 3.63) is 28.8 Å². The van der Waals surface area contributed by atoms with Crippen LogP contribution < -0.4 is 5.32 Å². The van der Waals surface area contributed by atoms with Crippen LogP contribution in [0.25, 0.3) is 0 Å². The Morgan fingerprint density at radius 1 is 1.35 bits per heavy atom. The third kappa shape index (κ3) is 4.37. The minimum atomic E-state index is -3.26. The molecule has 0 saturated carbocycles. The van der Waals surface area contributed by atoms with Crippen LogP contribution in [0.5, 0.6) is 0 Å². The van der Waals surface area contributed by atoms with Gasteiger partial charge in [-0.3, -0.25) is 0 Å². The Bertz CT molecular complexity index is 592. The molecule has 0 radical (unpaired) electrons. The molecule has 1 N–H and O–H groups in total. The van der Waals surface area contributed by atoms with Crippen molar-refractivity contribution >= 4 is 27.3 Å². The Morgan fingerprint density at radius 3 is 2.55 bits per heavy atom. The van der Waals surface area contributed by atoms with Crippen LogP contribution in [0.1, 0.15) is 19.4 Å². The van der Waals surface area contributed by atoms with E-state index in [2.05, 4.69) is 5.32 Å². The maximum atomic E-state index is 12.0. The van der Waals surface area contributed by atoms with E-state index < -0.39 is 10.0 Å². The SMILES string of the molecule is CCN(CC)S(=O)(=O)CCNc1ccc(Cl)cc1C#N. The van der Waals surface area contributed by atoms with Gasteiger partial charge in [0.2, 0.25) is 10.0 Å². The Kier molecular flexibility index (Phi) is 6.27. The van der Waals surface area contributed by atoms with Crippen molar-refractivity contribution in [1.82, 2.24) is 4.31 Å². The fourth-order valence-electron chi connectivity index (χ4n) is 1.82. The number of nitrogens with zero attached hydrogens (tertiary/aromatic N) is 2. The summed E-state index contributed by atoms with van der Waals surface area (Å²) in [6, 6.07) is 6.89. The van der Waals surface area contributed by atoms with Crippen LogP contribution in [-0.2, 0) is 10.0 Å². The number of hydrogen-bond acceptors (Lipinski definition) is 4. The highest BCUT2D eigenvalue weighted by atomic mass is 35.5. The quantitative estimate of drug-likeness (QED) is 0.838. The Balaban J connectivity index is 2.68. The van der Waals surface area contributed by atoms with Gasteiger partial charge in [0.15, 0.2) is 0 Å². The summed E-state index contributed by atoms with van der Waals surface area (Å²) in [7, 11) is -3.26. The van der Waals surface area contributed by atoms with E-state index in [0.717, 1.165) is 0 Å². The van der Waals surface area contributed by atoms with Crippen LogP contribution in [0.15, 0.2) is 18.2 Å². The molecule has 0 aliphatic heterocycles. The molecule has 0 heterocycles. The smallest absolute Gasteiger partial charge is 0.215 e. The molecule has 7 heteroatoms. The summed E-state index contributed by atoms with van der Waals surface area (Å²) in [4.78, 5) is 0. The van der Waals surface area contributed by atoms with Crippen molar-refractivity contribution in [1.29, 1.82) is 5.26 Å².